The zero-order chi connectivity index (χ0) is 13.8. The molecule has 0 unspecified atom stereocenters. The molecule has 0 fully saturated rings. The van der Waals surface area contributed by atoms with Crippen LogP contribution in [0.1, 0.15) is 16.7 Å². The second-order valence-electron chi connectivity index (χ2n) is 4.11. The first-order valence-corrected chi connectivity index (χ1v) is 6.78. The SMILES string of the molecule is C#Cc1cccc(/N=C/c2cc(I)cc(C)c2O)c1. The molecule has 3 heteroatoms. The molecule has 0 aliphatic rings. The molecule has 0 heterocycles. The van der Waals surface area contributed by atoms with Crippen LogP contribution in [0.5, 0.6) is 5.75 Å². The average molecular weight is 361 g/mol. The molecule has 2 aromatic carbocycles. The maximum Gasteiger partial charge on any atom is 0.127 e. The van der Waals surface area contributed by atoms with Crippen LogP contribution in [0.2, 0.25) is 0 Å². The molecule has 0 aliphatic carbocycles. The summed E-state index contributed by atoms with van der Waals surface area (Å²) >= 11 is 2.21. The molecule has 0 atom stereocenters. The van der Waals surface area contributed by atoms with Gasteiger partial charge in [0.05, 0.1) is 5.69 Å². The largest absolute Gasteiger partial charge is 0.507 e. The number of terminal acetylenes is 1. The van der Waals surface area contributed by atoms with Gasteiger partial charge in [-0.2, -0.15) is 0 Å². The number of aromatic hydroxyl groups is 1. The van der Waals surface area contributed by atoms with E-state index in [1.807, 2.05) is 43.3 Å². The monoisotopic (exact) mass is 361 g/mol. The third-order valence-electron chi connectivity index (χ3n) is 2.66. The molecule has 0 spiro atoms. The molecular formula is C16H12INO. The average Bonchev–Trinajstić information content (AvgIpc) is 2.41. The van der Waals surface area contributed by atoms with E-state index in [1.165, 1.54) is 0 Å². The van der Waals surface area contributed by atoms with Crippen molar-refractivity contribution >= 4 is 34.5 Å². The van der Waals surface area contributed by atoms with Crippen LogP contribution in [0.15, 0.2) is 41.4 Å². The summed E-state index contributed by atoms with van der Waals surface area (Å²) in [5, 5.41) is 9.97. The van der Waals surface area contributed by atoms with Crippen LogP contribution in [0.4, 0.5) is 5.69 Å². The van der Waals surface area contributed by atoms with Gasteiger partial charge in [-0.15, -0.1) is 6.42 Å². The highest BCUT2D eigenvalue weighted by atomic mass is 127. The minimum atomic E-state index is 0.261. The van der Waals surface area contributed by atoms with Crippen molar-refractivity contribution < 1.29 is 5.11 Å². The Bertz CT molecular complexity index is 684. The van der Waals surface area contributed by atoms with Gasteiger partial charge in [0.15, 0.2) is 0 Å². The van der Waals surface area contributed by atoms with Gasteiger partial charge in [-0.05, 0) is 65.4 Å². The smallest absolute Gasteiger partial charge is 0.127 e. The third kappa shape index (κ3) is 3.36. The van der Waals surface area contributed by atoms with Crippen molar-refractivity contribution in [3.8, 4) is 18.1 Å². The van der Waals surface area contributed by atoms with E-state index >= 15 is 0 Å². The van der Waals surface area contributed by atoms with E-state index in [4.69, 9.17) is 6.42 Å². The molecule has 19 heavy (non-hydrogen) atoms. The molecular weight excluding hydrogens is 349 g/mol. The van der Waals surface area contributed by atoms with Gasteiger partial charge in [-0.3, -0.25) is 4.99 Å². The van der Waals surface area contributed by atoms with Crippen LogP contribution in [-0.2, 0) is 0 Å². The number of rotatable bonds is 2. The van der Waals surface area contributed by atoms with Crippen molar-refractivity contribution in [2.75, 3.05) is 0 Å². The Labute approximate surface area is 126 Å². The lowest BCUT2D eigenvalue weighted by Gasteiger charge is -2.04. The van der Waals surface area contributed by atoms with Crippen LogP contribution < -0.4 is 0 Å². The van der Waals surface area contributed by atoms with Crippen LogP contribution in [0.25, 0.3) is 0 Å². The first-order chi connectivity index (χ1) is 9.10. The number of halogens is 1. The Hall–Kier alpha value is -1.80. The van der Waals surface area contributed by atoms with Crippen molar-refractivity contribution in [3.05, 3.63) is 56.7 Å². The molecule has 0 radical (unpaired) electrons. The van der Waals surface area contributed by atoms with Crippen molar-refractivity contribution in [3.63, 3.8) is 0 Å². The van der Waals surface area contributed by atoms with Crippen molar-refractivity contribution in [1.82, 2.24) is 0 Å². The summed E-state index contributed by atoms with van der Waals surface area (Å²) in [6, 6.07) is 11.2. The van der Waals surface area contributed by atoms with E-state index in [0.717, 1.165) is 20.4 Å². The van der Waals surface area contributed by atoms with Crippen LogP contribution in [0, 0.1) is 22.8 Å². The van der Waals surface area contributed by atoms with Gasteiger partial charge in [0, 0.05) is 20.9 Å². The molecule has 2 aromatic rings. The molecule has 0 saturated carbocycles. The van der Waals surface area contributed by atoms with Gasteiger partial charge < -0.3 is 5.11 Å². The lowest BCUT2D eigenvalue weighted by atomic mass is 10.1. The number of aliphatic imine (C=N–C) groups is 1. The minimum absolute atomic E-state index is 0.261. The molecule has 0 amide bonds. The highest BCUT2D eigenvalue weighted by molar-refractivity contribution is 14.1. The maximum atomic E-state index is 9.97. The lowest BCUT2D eigenvalue weighted by Crippen LogP contribution is -1.87. The van der Waals surface area contributed by atoms with Crippen molar-refractivity contribution in [2.45, 2.75) is 6.92 Å². The quantitative estimate of drug-likeness (QED) is 0.489. The van der Waals surface area contributed by atoms with Gasteiger partial charge in [0.25, 0.3) is 0 Å². The molecule has 0 aromatic heterocycles. The summed E-state index contributed by atoms with van der Waals surface area (Å²) in [4.78, 5) is 4.34. The number of nitrogens with zero attached hydrogens (tertiary/aromatic N) is 1. The Morgan fingerprint density at radius 2 is 2.11 bits per heavy atom. The zero-order valence-corrected chi connectivity index (χ0v) is 12.5. The summed E-state index contributed by atoms with van der Waals surface area (Å²) in [5.74, 6) is 2.83. The Morgan fingerprint density at radius 3 is 2.84 bits per heavy atom. The maximum absolute atomic E-state index is 9.97. The van der Waals surface area contributed by atoms with Gasteiger partial charge in [-0.1, -0.05) is 12.0 Å². The molecule has 2 nitrogen and oxygen atoms in total. The van der Waals surface area contributed by atoms with Gasteiger partial charge >= 0.3 is 0 Å². The van der Waals surface area contributed by atoms with E-state index in [0.29, 0.717) is 5.56 Å². The van der Waals surface area contributed by atoms with Crippen LogP contribution >= 0.6 is 22.6 Å². The predicted molar refractivity (Wildman–Crippen MR) is 87.2 cm³/mol. The second kappa shape index (κ2) is 5.89. The Morgan fingerprint density at radius 1 is 1.32 bits per heavy atom. The first-order valence-electron chi connectivity index (χ1n) is 5.70. The third-order valence-corrected chi connectivity index (χ3v) is 3.28. The van der Waals surface area contributed by atoms with Gasteiger partial charge in [0.1, 0.15) is 5.75 Å². The summed E-state index contributed by atoms with van der Waals surface area (Å²) in [7, 11) is 0. The highest BCUT2D eigenvalue weighted by Gasteiger charge is 2.03. The van der Waals surface area contributed by atoms with E-state index in [9.17, 15) is 5.11 Å². The summed E-state index contributed by atoms with van der Waals surface area (Å²) < 4.78 is 1.06. The fraction of sp³-hybridized carbons (Fsp3) is 0.0625. The fourth-order valence-electron chi connectivity index (χ4n) is 1.68. The summed E-state index contributed by atoms with van der Waals surface area (Å²) in [5.41, 5.74) is 3.10. The molecule has 0 bridgehead atoms. The van der Waals surface area contributed by atoms with E-state index in [-0.39, 0.29) is 5.75 Å². The number of aryl methyl sites for hydroxylation is 1. The molecule has 0 aliphatic heterocycles. The van der Waals surface area contributed by atoms with Gasteiger partial charge in [0.2, 0.25) is 0 Å². The van der Waals surface area contributed by atoms with Crippen LogP contribution in [-0.4, -0.2) is 11.3 Å². The Kier molecular flexibility index (Phi) is 4.23. The number of phenols is 1. The minimum Gasteiger partial charge on any atom is -0.507 e. The normalized spacial score (nSPS) is 10.6. The molecule has 94 valence electrons. The highest BCUT2D eigenvalue weighted by Crippen LogP contribution is 2.24. The standard InChI is InChI=1S/C16H12INO/c1-3-12-5-4-6-15(8-12)18-10-13-9-14(17)7-11(2)16(13)19/h1,4-10,19H,2H3/b18-10+. The number of hydrogen-bond acceptors (Lipinski definition) is 2. The number of hydrogen-bond donors (Lipinski definition) is 1. The van der Waals surface area contributed by atoms with Crippen molar-refractivity contribution in [2.24, 2.45) is 4.99 Å². The molecule has 1 N–H and O–H groups in total. The Balaban J connectivity index is 2.35. The van der Waals surface area contributed by atoms with E-state index in [2.05, 4.69) is 33.5 Å². The van der Waals surface area contributed by atoms with Gasteiger partial charge in [-0.25, -0.2) is 0 Å². The fourth-order valence-corrected chi connectivity index (χ4v) is 2.48. The predicted octanol–water partition coefficient (Wildman–Crippen LogP) is 4.04. The van der Waals surface area contributed by atoms with Crippen molar-refractivity contribution in [1.29, 1.82) is 0 Å². The first kappa shape index (κ1) is 13.6. The van der Waals surface area contributed by atoms with Crippen LogP contribution in [0.3, 0.4) is 0 Å². The number of benzene rings is 2. The summed E-state index contributed by atoms with van der Waals surface area (Å²) in [6.07, 6.45) is 7.00. The zero-order valence-electron chi connectivity index (χ0n) is 10.4. The lowest BCUT2D eigenvalue weighted by molar-refractivity contribution is 0.470. The van der Waals surface area contributed by atoms with E-state index in [1.54, 1.807) is 6.21 Å². The molecule has 0 saturated heterocycles. The number of phenolic OH excluding ortho intramolecular Hbond substituents is 1. The second-order valence-corrected chi connectivity index (χ2v) is 5.36. The summed E-state index contributed by atoms with van der Waals surface area (Å²) in [6.45, 7) is 1.87. The topological polar surface area (TPSA) is 32.6 Å². The van der Waals surface area contributed by atoms with E-state index < -0.39 is 0 Å². The molecule has 2 rings (SSSR count).